The van der Waals surface area contributed by atoms with Gasteiger partial charge in [0.1, 0.15) is 5.82 Å². The van der Waals surface area contributed by atoms with Gasteiger partial charge in [0.15, 0.2) is 0 Å². The fraction of sp³-hybridized carbons (Fsp3) is 0.111. The van der Waals surface area contributed by atoms with Gasteiger partial charge in [-0.25, -0.2) is 4.39 Å². The van der Waals surface area contributed by atoms with Crippen molar-refractivity contribution in [1.29, 1.82) is 0 Å². The van der Waals surface area contributed by atoms with Crippen LogP contribution in [0.25, 0.3) is 0 Å². The van der Waals surface area contributed by atoms with Gasteiger partial charge in [0.25, 0.3) is 11.9 Å². The third-order valence-corrected chi connectivity index (χ3v) is 1.84. The highest BCUT2D eigenvalue weighted by Gasteiger charge is 2.08. The first-order chi connectivity index (χ1) is 7.65. The predicted molar refractivity (Wildman–Crippen MR) is 53.2 cm³/mol. The number of aromatic nitrogens is 4. The highest BCUT2D eigenvalue weighted by molar-refractivity contribution is 6.03. The fourth-order valence-electron chi connectivity index (χ4n) is 1.11. The summed E-state index contributed by atoms with van der Waals surface area (Å²) in [5.74, 6) is -0.695. The van der Waals surface area contributed by atoms with Crippen LogP contribution in [0.5, 0.6) is 0 Å². The summed E-state index contributed by atoms with van der Waals surface area (Å²) in [4.78, 5) is 12.8. The van der Waals surface area contributed by atoms with Crippen LogP contribution in [0.2, 0.25) is 0 Å². The van der Waals surface area contributed by atoms with Crippen molar-refractivity contribution in [3.8, 4) is 0 Å². The number of nitrogens with zero attached hydrogens (tertiary/aromatic N) is 4. The molecule has 0 saturated carbocycles. The van der Waals surface area contributed by atoms with Gasteiger partial charge in [-0.2, -0.15) is 4.80 Å². The quantitative estimate of drug-likeness (QED) is 0.806. The Balaban J connectivity index is 2.11. The molecule has 0 spiro atoms. The van der Waals surface area contributed by atoms with Gasteiger partial charge < -0.3 is 0 Å². The summed E-state index contributed by atoms with van der Waals surface area (Å²) in [6.45, 7) is 0. The zero-order valence-corrected chi connectivity index (χ0v) is 8.38. The summed E-state index contributed by atoms with van der Waals surface area (Å²) in [5.41, 5.74) is 0.328. The Morgan fingerprint density at radius 1 is 1.38 bits per heavy atom. The largest absolute Gasteiger partial charge is 0.288 e. The lowest BCUT2D eigenvalue weighted by atomic mass is 10.2. The lowest BCUT2D eigenvalue weighted by Crippen LogP contribution is -2.13. The molecule has 82 valence electrons. The van der Waals surface area contributed by atoms with E-state index in [0.717, 1.165) is 0 Å². The molecular weight excluding hydrogens is 213 g/mol. The Morgan fingerprint density at radius 3 is 2.62 bits per heavy atom. The molecule has 0 atom stereocenters. The van der Waals surface area contributed by atoms with Crippen LogP contribution < -0.4 is 5.32 Å². The van der Waals surface area contributed by atoms with Gasteiger partial charge >= 0.3 is 0 Å². The van der Waals surface area contributed by atoms with Gasteiger partial charge in [0, 0.05) is 5.56 Å². The molecule has 0 unspecified atom stereocenters. The third-order valence-electron chi connectivity index (χ3n) is 1.84. The molecule has 0 aliphatic carbocycles. The first-order valence-electron chi connectivity index (χ1n) is 4.46. The minimum absolute atomic E-state index is 0.108. The number of nitrogens with one attached hydrogen (secondary N) is 1. The number of hydrogen-bond acceptors (Lipinski definition) is 4. The smallest absolute Gasteiger partial charge is 0.270 e. The van der Waals surface area contributed by atoms with Gasteiger partial charge in [-0.05, 0) is 29.5 Å². The van der Waals surface area contributed by atoms with Crippen LogP contribution in [0.15, 0.2) is 24.3 Å². The standard InChI is InChI=1S/C9H8FN5O/c1-15-13-9(12-14-15)11-8(16)6-2-4-7(10)5-3-6/h2-5H,1H3,(H,11,13,16). The number of carbonyl (C=O) groups is 1. The third kappa shape index (κ3) is 2.19. The number of aryl methyl sites for hydroxylation is 1. The number of carbonyl (C=O) groups excluding carboxylic acids is 1. The zero-order valence-electron chi connectivity index (χ0n) is 8.38. The normalized spacial score (nSPS) is 10.1. The Hall–Kier alpha value is -2.31. The lowest BCUT2D eigenvalue weighted by Gasteiger charge is -1.99. The Kier molecular flexibility index (Phi) is 2.59. The van der Waals surface area contributed by atoms with Crippen molar-refractivity contribution in [1.82, 2.24) is 20.2 Å². The van der Waals surface area contributed by atoms with E-state index in [1.165, 1.54) is 29.1 Å². The second-order valence-corrected chi connectivity index (χ2v) is 3.06. The van der Waals surface area contributed by atoms with Crippen LogP contribution in [-0.2, 0) is 7.05 Å². The van der Waals surface area contributed by atoms with Gasteiger partial charge in [-0.15, -0.1) is 5.10 Å². The maximum Gasteiger partial charge on any atom is 0.270 e. The molecule has 0 fully saturated rings. The second-order valence-electron chi connectivity index (χ2n) is 3.06. The fourth-order valence-corrected chi connectivity index (χ4v) is 1.11. The summed E-state index contributed by atoms with van der Waals surface area (Å²) >= 11 is 0. The van der Waals surface area contributed by atoms with Crippen LogP contribution in [0.1, 0.15) is 10.4 Å². The van der Waals surface area contributed by atoms with E-state index in [1.54, 1.807) is 7.05 Å². The predicted octanol–water partition coefficient (Wildman–Crippen LogP) is 0.601. The summed E-state index contributed by atoms with van der Waals surface area (Å²) in [5, 5.41) is 13.4. The summed E-state index contributed by atoms with van der Waals surface area (Å²) in [6, 6.07) is 5.17. The molecule has 6 nitrogen and oxygen atoms in total. The van der Waals surface area contributed by atoms with E-state index < -0.39 is 11.7 Å². The van der Waals surface area contributed by atoms with Crippen molar-refractivity contribution < 1.29 is 9.18 Å². The average molecular weight is 221 g/mol. The van der Waals surface area contributed by atoms with Gasteiger partial charge in [-0.3, -0.25) is 10.1 Å². The van der Waals surface area contributed by atoms with Crippen molar-refractivity contribution in [2.24, 2.45) is 7.05 Å². The molecule has 1 aromatic carbocycles. The van der Waals surface area contributed by atoms with E-state index in [1.807, 2.05) is 0 Å². The van der Waals surface area contributed by atoms with E-state index in [-0.39, 0.29) is 5.95 Å². The molecule has 0 radical (unpaired) electrons. The van der Waals surface area contributed by atoms with E-state index >= 15 is 0 Å². The molecule has 1 heterocycles. The SMILES string of the molecule is Cn1nnc(NC(=O)c2ccc(F)cc2)n1. The number of benzene rings is 1. The Morgan fingerprint density at radius 2 is 2.06 bits per heavy atom. The Bertz CT molecular complexity index is 507. The van der Waals surface area contributed by atoms with E-state index in [9.17, 15) is 9.18 Å². The minimum atomic E-state index is -0.409. The molecule has 2 rings (SSSR count). The Labute approximate surface area is 90.1 Å². The highest BCUT2D eigenvalue weighted by atomic mass is 19.1. The number of rotatable bonds is 2. The highest BCUT2D eigenvalue weighted by Crippen LogP contribution is 2.04. The molecule has 0 aliphatic heterocycles. The van der Waals surface area contributed by atoms with E-state index in [4.69, 9.17) is 0 Å². The van der Waals surface area contributed by atoms with Crippen LogP contribution in [0.3, 0.4) is 0 Å². The molecule has 1 aromatic heterocycles. The number of hydrogen-bond donors (Lipinski definition) is 1. The topological polar surface area (TPSA) is 72.7 Å². The van der Waals surface area contributed by atoms with E-state index in [2.05, 4.69) is 20.7 Å². The van der Waals surface area contributed by atoms with Crippen molar-refractivity contribution in [3.05, 3.63) is 35.6 Å². The second kappa shape index (κ2) is 4.05. The van der Waals surface area contributed by atoms with Crippen molar-refractivity contribution >= 4 is 11.9 Å². The average Bonchev–Trinajstić information content (AvgIpc) is 2.65. The minimum Gasteiger partial charge on any atom is -0.288 e. The molecule has 2 aromatic rings. The summed E-state index contributed by atoms with van der Waals surface area (Å²) in [6.07, 6.45) is 0. The zero-order chi connectivity index (χ0) is 11.5. The molecular formula is C9H8FN5O. The first kappa shape index (κ1) is 10.2. The monoisotopic (exact) mass is 221 g/mol. The molecule has 16 heavy (non-hydrogen) atoms. The van der Waals surface area contributed by atoms with E-state index in [0.29, 0.717) is 5.56 Å². The molecule has 0 aliphatic rings. The van der Waals surface area contributed by atoms with Crippen LogP contribution in [-0.4, -0.2) is 26.1 Å². The molecule has 0 bridgehead atoms. The maximum absolute atomic E-state index is 12.6. The molecule has 1 N–H and O–H groups in total. The first-order valence-corrected chi connectivity index (χ1v) is 4.46. The van der Waals surface area contributed by atoms with Crippen LogP contribution >= 0.6 is 0 Å². The summed E-state index contributed by atoms with van der Waals surface area (Å²) in [7, 11) is 1.58. The van der Waals surface area contributed by atoms with Crippen molar-refractivity contribution in [3.63, 3.8) is 0 Å². The lowest BCUT2D eigenvalue weighted by molar-refractivity contribution is 0.102. The number of amides is 1. The van der Waals surface area contributed by atoms with Gasteiger partial charge in [0.2, 0.25) is 0 Å². The van der Waals surface area contributed by atoms with Crippen LogP contribution in [0.4, 0.5) is 10.3 Å². The maximum atomic E-state index is 12.6. The molecule has 7 heteroatoms. The molecule has 1 amide bonds. The molecule has 0 saturated heterocycles. The summed E-state index contributed by atoms with van der Waals surface area (Å²) < 4.78 is 12.6. The van der Waals surface area contributed by atoms with Gasteiger partial charge in [0.05, 0.1) is 7.05 Å². The number of anilines is 1. The number of halogens is 1. The van der Waals surface area contributed by atoms with Gasteiger partial charge in [-0.1, -0.05) is 5.10 Å². The van der Waals surface area contributed by atoms with Crippen LogP contribution in [0, 0.1) is 5.82 Å². The number of tetrazole rings is 1. The van der Waals surface area contributed by atoms with Crippen molar-refractivity contribution in [2.75, 3.05) is 5.32 Å². The van der Waals surface area contributed by atoms with Crippen molar-refractivity contribution in [2.45, 2.75) is 0 Å².